The highest BCUT2D eigenvalue weighted by molar-refractivity contribution is 6.06. The third-order valence-corrected chi connectivity index (χ3v) is 4.78. The predicted octanol–water partition coefficient (Wildman–Crippen LogP) is 3.87. The molecule has 1 heterocycles. The van der Waals surface area contributed by atoms with Gasteiger partial charge in [0.15, 0.2) is 0 Å². The number of halogens is 3. The molecule has 1 N–H and O–H groups in total. The van der Waals surface area contributed by atoms with Crippen molar-refractivity contribution in [1.82, 2.24) is 9.80 Å². The van der Waals surface area contributed by atoms with Gasteiger partial charge in [-0.3, -0.25) is 9.69 Å². The molecule has 0 unspecified atom stereocenters. The molecule has 5 nitrogen and oxygen atoms in total. The average Bonchev–Trinajstić information content (AvgIpc) is 2.73. The molecule has 1 saturated heterocycles. The number of benzene rings is 2. The number of nitrogens with one attached hydrogen (secondary N) is 1. The van der Waals surface area contributed by atoms with E-state index in [1.807, 2.05) is 29.2 Å². The third kappa shape index (κ3) is 5.84. The number of rotatable bonds is 5. The van der Waals surface area contributed by atoms with Crippen LogP contribution in [0.15, 0.2) is 66.4 Å². The molecule has 1 aliphatic rings. The standard InChI is InChI=1S/C22H21F3N4O/c23-22(24,25)19-7-4-8-20(13-19)27-21(30)18(14-26)16-29-11-9-28(10-12-29)15-17-5-2-1-3-6-17/h1-8,13,16H,9-12,15H2,(H,27,30)/b18-16-. The first kappa shape index (κ1) is 21.4. The molecular formula is C22H21F3N4O. The van der Waals surface area contributed by atoms with Crippen LogP contribution in [0.1, 0.15) is 11.1 Å². The van der Waals surface area contributed by atoms with Gasteiger partial charge in [-0.2, -0.15) is 18.4 Å². The maximum Gasteiger partial charge on any atom is 0.416 e. The quantitative estimate of drug-likeness (QED) is 0.596. The third-order valence-electron chi connectivity index (χ3n) is 4.78. The van der Waals surface area contributed by atoms with Gasteiger partial charge >= 0.3 is 6.18 Å². The summed E-state index contributed by atoms with van der Waals surface area (Å²) in [6.45, 7) is 3.68. The van der Waals surface area contributed by atoms with Crippen LogP contribution in [0.4, 0.5) is 18.9 Å². The Balaban J connectivity index is 1.58. The van der Waals surface area contributed by atoms with Crippen LogP contribution in [0.25, 0.3) is 0 Å². The molecule has 0 spiro atoms. The normalized spacial score (nSPS) is 15.5. The van der Waals surface area contributed by atoms with Crippen molar-refractivity contribution < 1.29 is 18.0 Å². The first-order chi connectivity index (χ1) is 14.3. The summed E-state index contributed by atoms with van der Waals surface area (Å²) in [6, 6.07) is 16.3. The van der Waals surface area contributed by atoms with Crippen LogP contribution < -0.4 is 5.32 Å². The number of alkyl halides is 3. The second-order valence-electron chi connectivity index (χ2n) is 6.98. The van der Waals surface area contributed by atoms with E-state index in [0.717, 1.165) is 31.8 Å². The van der Waals surface area contributed by atoms with Crippen molar-refractivity contribution in [2.24, 2.45) is 0 Å². The molecule has 2 aromatic carbocycles. The smallest absolute Gasteiger partial charge is 0.374 e. The molecule has 1 fully saturated rings. The van der Waals surface area contributed by atoms with E-state index in [2.05, 4.69) is 22.3 Å². The van der Waals surface area contributed by atoms with Gasteiger partial charge in [0.1, 0.15) is 11.6 Å². The number of piperazine rings is 1. The van der Waals surface area contributed by atoms with Gasteiger partial charge in [0.25, 0.3) is 5.91 Å². The Labute approximate surface area is 173 Å². The minimum absolute atomic E-state index is 0.0105. The highest BCUT2D eigenvalue weighted by Crippen LogP contribution is 2.30. The molecule has 0 aromatic heterocycles. The fraction of sp³-hybridized carbons (Fsp3) is 0.273. The molecule has 1 aliphatic heterocycles. The Morgan fingerprint density at radius 3 is 2.40 bits per heavy atom. The Hall–Kier alpha value is -3.31. The summed E-state index contributed by atoms with van der Waals surface area (Å²) in [7, 11) is 0. The molecule has 0 atom stereocenters. The van der Waals surface area contributed by atoms with Crippen LogP contribution in [0.3, 0.4) is 0 Å². The Morgan fingerprint density at radius 2 is 1.77 bits per heavy atom. The van der Waals surface area contributed by atoms with E-state index in [1.165, 1.54) is 23.9 Å². The van der Waals surface area contributed by atoms with Gasteiger partial charge in [0.2, 0.25) is 0 Å². The Kier molecular flexibility index (Phi) is 6.75. The average molecular weight is 414 g/mol. The molecular weight excluding hydrogens is 393 g/mol. The van der Waals surface area contributed by atoms with Crippen molar-refractivity contribution in [3.8, 4) is 6.07 Å². The molecule has 156 valence electrons. The summed E-state index contributed by atoms with van der Waals surface area (Å²) in [5, 5.41) is 11.7. The van der Waals surface area contributed by atoms with Crippen molar-refractivity contribution in [2.75, 3.05) is 31.5 Å². The lowest BCUT2D eigenvalue weighted by Gasteiger charge is -2.34. The van der Waals surface area contributed by atoms with Crippen LogP contribution in [-0.4, -0.2) is 41.9 Å². The molecule has 0 saturated carbocycles. The molecule has 0 aliphatic carbocycles. The predicted molar refractivity (Wildman–Crippen MR) is 107 cm³/mol. The second kappa shape index (κ2) is 9.46. The lowest BCUT2D eigenvalue weighted by atomic mass is 10.2. The fourth-order valence-electron chi connectivity index (χ4n) is 3.18. The molecule has 3 rings (SSSR count). The lowest BCUT2D eigenvalue weighted by molar-refractivity contribution is -0.137. The van der Waals surface area contributed by atoms with E-state index in [-0.39, 0.29) is 11.3 Å². The number of hydrogen-bond acceptors (Lipinski definition) is 4. The number of nitrogens with zero attached hydrogens (tertiary/aromatic N) is 3. The highest BCUT2D eigenvalue weighted by Gasteiger charge is 2.30. The van der Waals surface area contributed by atoms with Crippen LogP contribution in [0.2, 0.25) is 0 Å². The summed E-state index contributed by atoms with van der Waals surface area (Å²) in [5.41, 5.74) is 0.199. The first-order valence-electron chi connectivity index (χ1n) is 9.46. The van der Waals surface area contributed by atoms with Crippen LogP contribution >= 0.6 is 0 Å². The number of anilines is 1. The van der Waals surface area contributed by atoms with Gasteiger partial charge in [0, 0.05) is 44.6 Å². The highest BCUT2D eigenvalue weighted by atomic mass is 19.4. The monoisotopic (exact) mass is 414 g/mol. The van der Waals surface area contributed by atoms with Gasteiger partial charge in [-0.15, -0.1) is 0 Å². The zero-order chi connectivity index (χ0) is 21.6. The number of nitriles is 1. The van der Waals surface area contributed by atoms with E-state index >= 15 is 0 Å². The number of carbonyl (C=O) groups is 1. The van der Waals surface area contributed by atoms with Gasteiger partial charge < -0.3 is 10.2 Å². The zero-order valence-electron chi connectivity index (χ0n) is 16.2. The van der Waals surface area contributed by atoms with E-state index in [9.17, 15) is 23.2 Å². The SMILES string of the molecule is N#C/C(=C/N1CCN(Cc2ccccc2)CC1)C(=O)Nc1cccc(C(F)(F)F)c1. The number of amides is 1. The minimum Gasteiger partial charge on any atom is -0.374 e. The topological polar surface area (TPSA) is 59.4 Å². The maximum absolute atomic E-state index is 12.8. The van der Waals surface area contributed by atoms with Gasteiger partial charge in [-0.05, 0) is 23.8 Å². The van der Waals surface area contributed by atoms with Crippen molar-refractivity contribution >= 4 is 11.6 Å². The summed E-state index contributed by atoms with van der Waals surface area (Å²) in [4.78, 5) is 16.5. The van der Waals surface area contributed by atoms with Crippen LogP contribution in [-0.2, 0) is 17.5 Å². The van der Waals surface area contributed by atoms with Gasteiger partial charge in [-0.25, -0.2) is 0 Å². The van der Waals surface area contributed by atoms with E-state index < -0.39 is 17.6 Å². The van der Waals surface area contributed by atoms with Gasteiger partial charge in [-0.1, -0.05) is 36.4 Å². The van der Waals surface area contributed by atoms with Crippen molar-refractivity contribution in [1.29, 1.82) is 5.26 Å². The molecule has 0 bridgehead atoms. The van der Waals surface area contributed by atoms with Crippen LogP contribution in [0, 0.1) is 11.3 Å². The first-order valence-corrected chi connectivity index (χ1v) is 9.46. The van der Waals surface area contributed by atoms with E-state index in [4.69, 9.17) is 0 Å². The summed E-state index contributed by atoms with van der Waals surface area (Å²) in [5.74, 6) is -0.733. The van der Waals surface area contributed by atoms with Crippen LogP contribution in [0.5, 0.6) is 0 Å². The van der Waals surface area contributed by atoms with E-state index in [0.29, 0.717) is 13.1 Å². The van der Waals surface area contributed by atoms with Crippen molar-refractivity contribution in [3.05, 3.63) is 77.5 Å². The fourth-order valence-corrected chi connectivity index (χ4v) is 3.18. The summed E-state index contributed by atoms with van der Waals surface area (Å²) in [6.07, 6.45) is -3.03. The van der Waals surface area contributed by atoms with E-state index in [1.54, 1.807) is 0 Å². The summed E-state index contributed by atoms with van der Waals surface area (Å²) >= 11 is 0. The Morgan fingerprint density at radius 1 is 1.07 bits per heavy atom. The number of hydrogen-bond donors (Lipinski definition) is 1. The van der Waals surface area contributed by atoms with Crippen molar-refractivity contribution in [3.63, 3.8) is 0 Å². The molecule has 1 amide bonds. The zero-order valence-corrected chi connectivity index (χ0v) is 16.2. The van der Waals surface area contributed by atoms with Gasteiger partial charge in [0.05, 0.1) is 5.56 Å². The molecule has 8 heteroatoms. The number of carbonyl (C=O) groups excluding carboxylic acids is 1. The lowest BCUT2D eigenvalue weighted by Crippen LogP contribution is -2.43. The minimum atomic E-state index is -4.51. The largest absolute Gasteiger partial charge is 0.416 e. The molecule has 30 heavy (non-hydrogen) atoms. The Bertz CT molecular complexity index is 943. The van der Waals surface area contributed by atoms with Crippen molar-refractivity contribution in [2.45, 2.75) is 12.7 Å². The molecule has 2 aromatic rings. The molecule has 0 radical (unpaired) electrons. The summed E-state index contributed by atoms with van der Waals surface area (Å²) < 4.78 is 38.5. The maximum atomic E-state index is 12.8. The second-order valence-corrected chi connectivity index (χ2v) is 6.98.